The number of rotatable bonds is 5. The van der Waals surface area contributed by atoms with Crippen molar-refractivity contribution in [1.82, 2.24) is 4.72 Å². The molecule has 3 nitrogen and oxygen atoms in total. The first-order chi connectivity index (χ1) is 8.31. The minimum atomic E-state index is -4.36. The van der Waals surface area contributed by atoms with Crippen molar-refractivity contribution in [3.8, 4) is 0 Å². The second-order valence-corrected chi connectivity index (χ2v) is 5.88. The van der Waals surface area contributed by atoms with Gasteiger partial charge in [0, 0.05) is 23.5 Å². The number of halogens is 4. The molecular weight excluding hydrogens is 335 g/mol. The fraction of sp³-hybridized carbons (Fsp3) is 0.400. The lowest BCUT2D eigenvalue weighted by Gasteiger charge is -2.15. The van der Waals surface area contributed by atoms with Gasteiger partial charge in [0.2, 0.25) is 10.0 Å². The van der Waals surface area contributed by atoms with E-state index in [0.29, 0.717) is 23.9 Å². The molecule has 0 radical (unpaired) electrons. The number of nitrogens with one attached hydrogen (secondary N) is 1. The molecule has 18 heavy (non-hydrogen) atoms. The Labute approximate surface area is 112 Å². The molecule has 0 heterocycles. The molecule has 1 aromatic rings. The lowest BCUT2D eigenvalue weighted by Crippen LogP contribution is -2.36. The maximum atomic E-state index is 13.4. The minimum absolute atomic E-state index is 0.299. The first kappa shape index (κ1) is 15.5. The van der Waals surface area contributed by atoms with Gasteiger partial charge in [-0.1, -0.05) is 22.9 Å². The molecule has 0 saturated carbocycles. The Kier molecular flexibility index (Phi) is 5.18. The van der Waals surface area contributed by atoms with Crippen molar-refractivity contribution in [2.45, 2.75) is 24.3 Å². The summed E-state index contributed by atoms with van der Waals surface area (Å²) < 4.78 is 65.1. The van der Waals surface area contributed by atoms with Gasteiger partial charge in [-0.3, -0.25) is 0 Å². The van der Waals surface area contributed by atoms with E-state index in [-0.39, 0.29) is 0 Å². The van der Waals surface area contributed by atoms with Crippen LogP contribution in [0, 0.1) is 17.5 Å². The van der Waals surface area contributed by atoms with Crippen LogP contribution in [0.1, 0.15) is 13.3 Å². The van der Waals surface area contributed by atoms with Gasteiger partial charge in [-0.25, -0.2) is 26.3 Å². The van der Waals surface area contributed by atoms with Crippen LogP contribution in [0.5, 0.6) is 0 Å². The van der Waals surface area contributed by atoms with Crippen LogP contribution >= 0.6 is 15.9 Å². The van der Waals surface area contributed by atoms with Gasteiger partial charge in [-0.2, -0.15) is 0 Å². The van der Waals surface area contributed by atoms with E-state index in [1.54, 1.807) is 6.92 Å². The van der Waals surface area contributed by atoms with E-state index in [2.05, 4.69) is 20.7 Å². The van der Waals surface area contributed by atoms with E-state index in [1.165, 1.54) is 0 Å². The highest BCUT2D eigenvalue weighted by atomic mass is 79.9. The zero-order chi connectivity index (χ0) is 13.9. The van der Waals surface area contributed by atoms with Crippen LogP contribution in [-0.4, -0.2) is 19.8 Å². The number of alkyl halides is 1. The lowest BCUT2D eigenvalue weighted by molar-refractivity contribution is 0.490. The molecule has 8 heteroatoms. The molecule has 1 aromatic carbocycles. The summed E-state index contributed by atoms with van der Waals surface area (Å²) >= 11 is 3.08. The largest absolute Gasteiger partial charge is 0.246 e. The Morgan fingerprint density at radius 2 is 1.78 bits per heavy atom. The molecule has 0 aliphatic carbocycles. The molecule has 0 aromatic heterocycles. The van der Waals surface area contributed by atoms with Crippen LogP contribution in [0.2, 0.25) is 0 Å². The van der Waals surface area contributed by atoms with E-state index in [0.717, 1.165) is 0 Å². The molecule has 0 bridgehead atoms. The summed E-state index contributed by atoms with van der Waals surface area (Å²) in [6.07, 6.45) is 0.439. The topological polar surface area (TPSA) is 46.2 Å². The van der Waals surface area contributed by atoms with Crippen molar-refractivity contribution in [3.63, 3.8) is 0 Å². The van der Waals surface area contributed by atoms with Gasteiger partial charge in [0.25, 0.3) is 0 Å². The van der Waals surface area contributed by atoms with Gasteiger partial charge in [0.15, 0.2) is 4.90 Å². The van der Waals surface area contributed by atoms with Crippen LogP contribution in [0.25, 0.3) is 0 Å². The van der Waals surface area contributed by atoms with Crippen LogP contribution in [0.15, 0.2) is 17.0 Å². The standard InChI is InChI=1S/C10H11BrF3NO2S/c1-2-7(5-11)15-18(16,17)10-8(13)3-6(12)4-9(10)14/h3-4,7,15H,2,5H2,1H3. The third-order valence-corrected chi connectivity index (χ3v) is 4.59. The summed E-state index contributed by atoms with van der Waals surface area (Å²) in [5.41, 5.74) is 0. The van der Waals surface area contributed by atoms with Crippen molar-refractivity contribution < 1.29 is 21.6 Å². The van der Waals surface area contributed by atoms with Gasteiger partial charge in [-0.15, -0.1) is 0 Å². The summed E-state index contributed by atoms with van der Waals surface area (Å²) in [7, 11) is -4.36. The predicted octanol–water partition coefficient (Wildman–Crippen LogP) is 2.56. The van der Waals surface area contributed by atoms with Crippen molar-refractivity contribution >= 4 is 26.0 Å². The highest BCUT2D eigenvalue weighted by Gasteiger charge is 2.26. The van der Waals surface area contributed by atoms with E-state index in [1.807, 2.05) is 0 Å². The predicted molar refractivity (Wildman–Crippen MR) is 64.5 cm³/mol. The van der Waals surface area contributed by atoms with Crippen LogP contribution in [0.3, 0.4) is 0 Å². The molecule has 0 aliphatic rings. The number of sulfonamides is 1. The smallest absolute Gasteiger partial charge is 0.207 e. The van der Waals surface area contributed by atoms with Crippen molar-refractivity contribution in [2.75, 3.05) is 5.33 Å². The Morgan fingerprint density at radius 3 is 2.17 bits per heavy atom. The molecule has 0 saturated heterocycles. The third kappa shape index (κ3) is 3.46. The summed E-state index contributed by atoms with van der Waals surface area (Å²) in [6.45, 7) is 1.71. The molecule has 1 rings (SSSR count). The lowest BCUT2D eigenvalue weighted by atomic mass is 10.3. The van der Waals surface area contributed by atoms with Gasteiger partial charge >= 0.3 is 0 Å². The Morgan fingerprint density at radius 1 is 1.28 bits per heavy atom. The SMILES string of the molecule is CCC(CBr)NS(=O)(=O)c1c(F)cc(F)cc1F. The molecule has 0 amide bonds. The fourth-order valence-electron chi connectivity index (χ4n) is 1.29. The Bertz CT molecular complexity index is 509. The first-order valence-corrected chi connectivity index (χ1v) is 7.65. The van der Waals surface area contributed by atoms with Crippen LogP contribution in [0.4, 0.5) is 13.2 Å². The summed E-state index contributed by atoms with van der Waals surface area (Å²) in [5.74, 6) is -4.08. The Balaban J connectivity index is 3.21. The zero-order valence-corrected chi connectivity index (χ0v) is 11.8. The number of hydrogen-bond donors (Lipinski definition) is 1. The van der Waals surface area contributed by atoms with Gasteiger partial charge in [-0.05, 0) is 6.42 Å². The molecule has 102 valence electrons. The molecule has 0 fully saturated rings. The van der Waals surface area contributed by atoms with Crippen molar-refractivity contribution in [3.05, 3.63) is 29.6 Å². The van der Waals surface area contributed by atoms with Crippen molar-refractivity contribution in [1.29, 1.82) is 0 Å². The molecule has 0 spiro atoms. The summed E-state index contributed by atoms with van der Waals surface area (Å²) in [6, 6.07) is 0.151. The quantitative estimate of drug-likeness (QED) is 0.833. The number of hydrogen-bond acceptors (Lipinski definition) is 2. The molecule has 1 atom stereocenters. The average molecular weight is 346 g/mol. The van der Waals surface area contributed by atoms with E-state index >= 15 is 0 Å². The second-order valence-electron chi connectivity index (χ2n) is 3.58. The van der Waals surface area contributed by atoms with Gasteiger partial charge in [0.1, 0.15) is 17.5 Å². The minimum Gasteiger partial charge on any atom is -0.207 e. The highest BCUT2D eigenvalue weighted by molar-refractivity contribution is 9.09. The molecule has 1 unspecified atom stereocenters. The Hall–Kier alpha value is -0.600. The maximum absolute atomic E-state index is 13.4. The summed E-state index contributed by atoms with van der Waals surface area (Å²) in [4.78, 5) is -1.16. The monoisotopic (exact) mass is 345 g/mol. The van der Waals surface area contributed by atoms with Crippen LogP contribution < -0.4 is 4.72 Å². The van der Waals surface area contributed by atoms with Gasteiger partial charge < -0.3 is 0 Å². The first-order valence-electron chi connectivity index (χ1n) is 5.04. The fourth-order valence-corrected chi connectivity index (χ4v) is 3.56. The highest BCUT2D eigenvalue weighted by Crippen LogP contribution is 2.20. The molecular formula is C10H11BrF3NO2S. The molecule has 0 aliphatic heterocycles. The van der Waals surface area contributed by atoms with E-state index in [9.17, 15) is 21.6 Å². The third-order valence-electron chi connectivity index (χ3n) is 2.23. The van der Waals surface area contributed by atoms with E-state index in [4.69, 9.17) is 0 Å². The number of benzene rings is 1. The van der Waals surface area contributed by atoms with E-state index < -0.39 is 38.4 Å². The zero-order valence-electron chi connectivity index (χ0n) is 9.38. The maximum Gasteiger partial charge on any atom is 0.246 e. The van der Waals surface area contributed by atoms with Crippen molar-refractivity contribution in [2.24, 2.45) is 0 Å². The van der Waals surface area contributed by atoms with Gasteiger partial charge in [0.05, 0.1) is 0 Å². The second kappa shape index (κ2) is 6.03. The molecule has 1 N–H and O–H groups in total. The normalized spacial score (nSPS) is 13.6. The van der Waals surface area contributed by atoms with Crippen LogP contribution in [-0.2, 0) is 10.0 Å². The summed E-state index contributed by atoms with van der Waals surface area (Å²) in [5, 5.41) is 0.299. The average Bonchev–Trinajstić information content (AvgIpc) is 2.23.